The van der Waals surface area contributed by atoms with Crippen LogP contribution < -0.4 is 5.32 Å². The van der Waals surface area contributed by atoms with Gasteiger partial charge in [-0.05, 0) is 31.4 Å². The van der Waals surface area contributed by atoms with E-state index in [1.54, 1.807) is 11.7 Å². The molecule has 2 rings (SSSR count). The number of aryl methyl sites for hydroxylation is 1. The Morgan fingerprint density at radius 2 is 1.87 bits per heavy atom. The first-order valence-electron chi connectivity index (χ1n) is 11.3. The zero-order valence-corrected chi connectivity index (χ0v) is 20.2. The van der Waals surface area contributed by atoms with E-state index >= 15 is 0 Å². The molecule has 2 amide bonds. The predicted octanol–water partition coefficient (Wildman–Crippen LogP) is 5.09. The molecule has 0 aliphatic heterocycles. The molecular weight excluding hydrogens is 388 g/mol. The molecule has 0 fully saturated rings. The Balaban J connectivity index is 2.21. The highest BCUT2D eigenvalue weighted by Crippen LogP contribution is 2.27. The van der Waals surface area contributed by atoms with Crippen LogP contribution in [0.4, 0.5) is 5.82 Å². The fourth-order valence-corrected chi connectivity index (χ4v) is 3.56. The number of amides is 2. The molecule has 2 aromatic rings. The van der Waals surface area contributed by atoms with Crippen molar-refractivity contribution >= 4 is 17.6 Å². The highest BCUT2D eigenvalue weighted by Gasteiger charge is 2.24. The van der Waals surface area contributed by atoms with E-state index in [0.29, 0.717) is 5.82 Å². The van der Waals surface area contributed by atoms with Crippen LogP contribution in [0.5, 0.6) is 0 Å². The van der Waals surface area contributed by atoms with Gasteiger partial charge in [-0.2, -0.15) is 5.10 Å². The van der Waals surface area contributed by atoms with Gasteiger partial charge in [0.15, 0.2) is 0 Å². The molecule has 0 aliphatic rings. The SMILES string of the molecule is CCCC[C@H](CC)C(=O)N(C)CC(=O)Nc1cc(C(C)(C)C)nn1-c1ccccc1C. The number of unbranched alkanes of at least 4 members (excludes halogenated alkanes) is 1. The Labute approximate surface area is 187 Å². The largest absolute Gasteiger partial charge is 0.336 e. The molecule has 0 radical (unpaired) electrons. The molecular formula is C25H38N4O2. The minimum absolute atomic E-state index is 0.0191. The first kappa shape index (κ1) is 24.6. The number of carbonyl (C=O) groups is 2. The Hall–Kier alpha value is -2.63. The van der Waals surface area contributed by atoms with Crippen LogP contribution in [0.15, 0.2) is 30.3 Å². The van der Waals surface area contributed by atoms with E-state index in [9.17, 15) is 9.59 Å². The molecule has 0 spiro atoms. The van der Waals surface area contributed by atoms with E-state index in [4.69, 9.17) is 5.10 Å². The van der Waals surface area contributed by atoms with Crippen LogP contribution in [0.25, 0.3) is 5.69 Å². The third kappa shape index (κ3) is 6.42. The van der Waals surface area contributed by atoms with Gasteiger partial charge in [0.1, 0.15) is 5.82 Å². The lowest BCUT2D eigenvalue weighted by Crippen LogP contribution is -2.38. The molecule has 170 valence electrons. The van der Waals surface area contributed by atoms with Crippen molar-refractivity contribution < 1.29 is 9.59 Å². The van der Waals surface area contributed by atoms with Crippen molar-refractivity contribution in [1.29, 1.82) is 0 Å². The molecule has 0 saturated heterocycles. The van der Waals surface area contributed by atoms with Gasteiger partial charge in [0.05, 0.1) is 17.9 Å². The molecule has 1 heterocycles. The van der Waals surface area contributed by atoms with Gasteiger partial charge in [0, 0.05) is 24.4 Å². The van der Waals surface area contributed by atoms with E-state index in [1.807, 2.05) is 44.2 Å². The van der Waals surface area contributed by atoms with Gasteiger partial charge in [0.25, 0.3) is 0 Å². The van der Waals surface area contributed by atoms with Crippen molar-refractivity contribution in [3.05, 3.63) is 41.6 Å². The van der Waals surface area contributed by atoms with Crippen LogP contribution in [0.3, 0.4) is 0 Å². The van der Waals surface area contributed by atoms with E-state index in [0.717, 1.165) is 42.6 Å². The number of para-hydroxylation sites is 1. The standard InChI is InChI=1S/C25H38N4O2/c1-8-10-14-19(9-2)24(31)28(7)17-23(30)26-22-16-21(25(4,5)6)27-29(22)20-15-12-11-13-18(20)3/h11-13,15-16,19H,8-10,14,17H2,1-7H3,(H,26,30)/t19-/m0/s1. The van der Waals surface area contributed by atoms with Crippen molar-refractivity contribution in [3.63, 3.8) is 0 Å². The second kappa shape index (κ2) is 10.6. The van der Waals surface area contributed by atoms with E-state index in [-0.39, 0.29) is 29.7 Å². The number of hydrogen-bond donors (Lipinski definition) is 1. The highest BCUT2D eigenvalue weighted by molar-refractivity contribution is 5.94. The zero-order valence-electron chi connectivity index (χ0n) is 20.2. The normalized spacial score (nSPS) is 12.5. The van der Waals surface area contributed by atoms with E-state index < -0.39 is 0 Å². The molecule has 0 aliphatic carbocycles. The van der Waals surface area contributed by atoms with E-state index in [2.05, 4.69) is 33.0 Å². The predicted molar refractivity (Wildman–Crippen MR) is 127 cm³/mol. The lowest BCUT2D eigenvalue weighted by atomic mass is 9.92. The van der Waals surface area contributed by atoms with Crippen LogP contribution in [0.1, 0.15) is 71.6 Å². The Morgan fingerprint density at radius 1 is 1.19 bits per heavy atom. The molecule has 31 heavy (non-hydrogen) atoms. The lowest BCUT2D eigenvalue weighted by Gasteiger charge is -2.22. The number of carbonyl (C=O) groups excluding carboxylic acids is 2. The molecule has 6 nitrogen and oxygen atoms in total. The average Bonchev–Trinajstić information content (AvgIpc) is 3.12. The van der Waals surface area contributed by atoms with Gasteiger partial charge >= 0.3 is 0 Å². The maximum Gasteiger partial charge on any atom is 0.245 e. The van der Waals surface area contributed by atoms with Crippen LogP contribution in [0.2, 0.25) is 0 Å². The molecule has 0 bridgehead atoms. The average molecular weight is 427 g/mol. The van der Waals surface area contributed by atoms with Crippen molar-refractivity contribution in [2.75, 3.05) is 18.9 Å². The summed E-state index contributed by atoms with van der Waals surface area (Å²) in [5.41, 5.74) is 2.72. The molecule has 1 aromatic carbocycles. The number of hydrogen-bond acceptors (Lipinski definition) is 3. The van der Waals surface area contributed by atoms with Crippen LogP contribution in [0, 0.1) is 12.8 Å². The van der Waals surface area contributed by atoms with E-state index in [1.165, 1.54) is 4.90 Å². The number of aromatic nitrogens is 2. The third-order valence-electron chi connectivity index (χ3n) is 5.59. The second-order valence-electron chi connectivity index (χ2n) is 9.35. The first-order chi connectivity index (χ1) is 14.6. The van der Waals surface area contributed by atoms with Crippen LogP contribution >= 0.6 is 0 Å². The molecule has 1 N–H and O–H groups in total. The van der Waals surface area contributed by atoms with Gasteiger partial charge in [-0.1, -0.05) is 65.7 Å². The summed E-state index contributed by atoms with van der Waals surface area (Å²) in [6.45, 7) is 12.5. The topological polar surface area (TPSA) is 67.2 Å². The number of likely N-dealkylation sites (N-methyl/N-ethyl adjacent to an activating group) is 1. The molecule has 0 saturated carbocycles. The quantitative estimate of drug-likeness (QED) is 0.607. The minimum atomic E-state index is -0.226. The first-order valence-corrected chi connectivity index (χ1v) is 11.3. The summed E-state index contributed by atoms with van der Waals surface area (Å²) < 4.78 is 1.78. The number of nitrogens with one attached hydrogen (secondary N) is 1. The third-order valence-corrected chi connectivity index (χ3v) is 5.59. The van der Waals surface area contributed by atoms with Gasteiger partial charge in [0.2, 0.25) is 11.8 Å². The Morgan fingerprint density at radius 3 is 2.45 bits per heavy atom. The zero-order chi connectivity index (χ0) is 23.2. The summed E-state index contributed by atoms with van der Waals surface area (Å²) in [4.78, 5) is 27.1. The molecule has 1 atom stereocenters. The highest BCUT2D eigenvalue weighted by atomic mass is 16.2. The van der Waals surface area contributed by atoms with Crippen LogP contribution in [-0.2, 0) is 15.0 Å². The summed E-state index contributed by atoms with van der Waals surface area (Å²) >= 11 is 0. The fraction of sp³-hybridized carbons (Fsp3) is 0.560. The maximum absolute atomic E-state index is 12.8. The Kier molecular flexibility index (Phi) is 8.43. The van der Waals surface area contributed by atoms with Gasteiger partial charge < -0.3 is 10.2 Å². The maximum atomic E-state index is 12.8. The molecule has 6 heteroatoms. The van der Waals surface area contributed by atoms with Crippen molar-refractivity contribution in [2.45, 2.75) is 72.6 Å². The number of rotatable bonds is 9. The summed E-state index contributed by atoms with van der Waals surface area (Å²) in [5, 5.41) is 7.76. The van der Waals surface area contributed by atoms with Gasteiger partial charge in [-0.3, -0.25) is 9.59 Å². The molecule has 1 aromatic heterocycles. The van der Waals surface area contributed by atoms with Gasteiger partial charge in [-0.15, -0.1) is 0 Å². The van der Waals surface area contributed by atoms with Crippen molar-refractivity contribution in [3.8, 4) is 5.69 Å². The number of anilines is 1. The molecule has 0 unspecified atom stereocenters. The number of benzene rings is 1. The number of nitrogens with zero attached hydrogens (tertiary/aromatic N) is 3. The fourth-order valence-electron chi connectivity index (χ4n) is 3.56. The summed E-state index contributed by atoms with van der Waals surface area (Å²) in [7, 11) is 1.70. The van der Waals surface area contributed by atoms with Crippen molar-refractivity contribution in [2.24, 2.45) is 5.92 Å². The lowest BCUT2D eigenvalue weighted by molar-refractivity contribution is -0.137. The summed E-state index contributed by atoms with van der Waals surface area (Å²) in [5.74, 6) is 0.399. The van der Waals surface area contributed by atoms with Crippen molar-refractivity contribution in [1.82, 2.24) is 14.7 Å². The smallest absolute Gasteiger partial charge is 0.245 e. The Bertz CT molecular complexity index is 895. The summed E-state index contributed by atoms with van der Waals surface area (Å²) in [6, 6.07) is 9.86. The minimum Gasteiger partial charge on any atom is -0.336 e. The van der Waals surface area contributed by atoms with Gasteiger partial charge in [-0.25, -0.2) is 4.68 Å². The second-order valence-corrected chi connectivity index (χ2v) is 9.35. The van der Waals surface area contributed by atoms with Crippen LogP contribution in [-0.4, -0.2) is 40.1 Å². The monoisotopic (exact) mass is 426 g/mol. The summed E-state index contributed by atoms with van der Waals surface area (Å²) in [6.07, 6.45) is 3.75.